The van der Waals surface area contributed by atoms with Gasteiger partial charge >= 0.3 is 12.3 Å². The van der Waals surface area contributed by atoms with E-state index >= 15 is 0 Å². The number of fused-ring (bicyclic) bond motifs is 1. The summed E-state index contributed by atoms with van der Waals surface area (Å²) in [5, 5.41) is 5.37. The lowest BCUT2D eigenvalue weighted by Gasteiger charge is -2.33. The highest BCUT2D eigenvalue weighted by atomic mass is 19.4. The third-order valence-corrected chi connectivity index (χ3v) is 5.28. The maximum atomic E-state index is 14.3. The molecular weight excluding hydrogens is 437 g/mol. The first-order chi connectivity index (χ1) is 14.9. The van der Waals surface area contributed by atoms with Crippen molar-refractivity contribution in [3.05, 3.63) is 35.5 Å². The second-order valence-corrected chi connectivity index (χ2v) is 7.86. The first-order valence-electron chi connectivity index (χ1n) is 9.86. The summed E-state index contributed by atoms with van der Waals surface area (Å²) in [7, 11) is 0. The average molecular weight is 457 g/mol. The van der Waals surface area contributed by atoms with Crippen LogP contribution in [-0.2, 0) is 10.7 Å². The van der Waals surface area contributed by atoms with Crippen molar-refractivity contribution >= 4 is 17.7 Å². The Kier molecular flexibility index (Phi) is 5.43. The molecule has 4 rings (SSSR count). The Morgan fingerprint density at radius 1 is 1.22 bits per heavy atom. The molecule has 2 atom stereocenters. The number of hydrogen-bond acceptors (Lipinski definition) is 6. The fourth-order valence-corrected chi connectivity index (χ4v) is 3.79. The molecule has 4 heterocycles. The van der Waals surface area contributed by atoms with Gasteiger partial charge in [-0.15, -0.1) is 0 Å². The zero-order valence-electron chi connectivity index (χ0n) is 17.1. The number of piperazine rings is 1. The van der Waals surface area contributed by atoms with Crippen molar-refractivity contribution in [2.24, 2.45) is 0 Å². The number of halogens is 5. The van der Waals surface area contributed by atoms with Crippen molar-refractivity contribution < 1.29 is 31.5 Å². The van der Waals surface area contributed by atoms with Crippen LogP contribution >= 0.6 is 0 Å². The van der Waals surface area contributed by atoms with Crippen molar-refractivity contribution in [3.63, 3.8) is 0 Å². The molecule has 0 aliphatic carbocycles. The summed E-state index contributed by atoms with van der Waals surface area (Å²) in [5.74, 6) is -3.39. The molecule has 1 amide bonds. The SMILES string of the molecule is CC1CN(c2cc(C(C)(F)F)cc(-c3ccnc4c3C(C(F)(F)F)OC(=O)N4)n2)CCN1. The summed E-state index contributed by atoms with van der Waals surface area (Å²) in [4.78, 5) is 21.6. The van der Waals surface area contributed by atoms with E-state index in [2.05, 4.69) is 25.3 Å². The molecule has 0 aromatic carbocycles. The van der Waals surface area contributed by atoms with Gasteiger partial charge in [0.25, 0.3) is 5.92 Å². The van der Waals surface area contributed by atoms with Gasteiger partial charge in [-0.3, -0.25) is 5.32 Å². The van der Waals surface area contributed by atoms with E-state index in [1.54, 1.807) is 4.90 Å². The molecule has 0 spiro atoms. The monoisotopic (exact) mass is 457 g/mol. The highest BCUT2D eigenvalue weighted by Crippen LogP contribution is 2.46. The molecular formula is C20H20F5N5O2. The van der Waals surface area contributed by atoms with Gasteiger partial charge in [0.2, 0.25) is 6.10 Å². The zero-order chi connectivity index (χ0) is 23.3. The number of pyridine rings is 2. The van der Waals surface area contributed by atoms with E-state index in [4.69, 9.17) is 0 Å². The second kappa shape index (κ2) is 7.84. The number of amides is 1. The van der Waals surface area contributed by atoms with Crippen LogP contribution in [0.3, 0.4) is 0 Å². The summed E-state index contributed by atoms with van der Waals surface area (Å²) < 4.78 is 74.1. The predicted octanol–water partition coefficient (Wildman–Crippen LogP) is 4.22. The van der Waals surface area contributed by atoms with Gasteiger partial charge in [0.05, 0.1) is 11.3 Å². The van der Waals surface area contributed by atoms with Gasteiger partial charge in [-0.25, -0.2) is 23.5 Å². The standard InChI is InChI=1S/C20H20F5N5O2/c1-10-9-30(6-5-26-10)14-8-11(19(2,21)22)7-13(28-14)12-3-4-27-17-15(12)16(20(23,24)25)32-18(31)29-17/h3-4,7-8,10,16,26H,5-6,9H2,1-2H3,(H,27,29,31). The number of aromatic nitrogens is 2. The summed E-state index contributed by atoms with van der Waals surface area (Å²) in [6.07, 6.45) is -7.67. The predicted molar refractivity (Wildman–Crippen MR) is 106 cm³/mol. The molecule has 1 saturated heterocycles. The number of cyclic esters (lactones) is 1. The lowest BCUT2D eigenvalue weighted by atomic mass is 9.97. The molecule has 2 unspecified atom stereocenters. The Bertz CT molecular complexity index is 1040. The number of nitrogens with one attached hydrogen (secondary N) is 2. The van der Waals surface area contributed by atoms with Crippen LogP contribution in [0.25, 0.3) is 11.3 Å². The highest BCUT2D eigenvalue weighted by molar-refractivity contribution is 5.89. The minimum Gasteiger partial charge on any atom is -0.431 e. The van der Waals surface area contributed by atoms with Crippen LogP contribution in [0.1, 0.15) is 31.1 Å². The Hall–Kier alpha value is -3.02. The van der Waals surface area contributed by atoms with E-state index < -0.39 is 35.4 Å². The third kappa shape index (κ3) is 4.31. The largest absolute Gasteiger partial charge is 0.431 e. The van der Waals surface area contributed by atoms with Crippen LogP contribution < -0.4 is 15.5 Å². The molecule has 2 N–H and O–H groups in total. The number of alkyl halides is 5. The van der Waals surface area contributed by atoms with Crippen LogP contribution in [-0.4, -0.2) is 47.9 Å². The maximum Gasteiger partial charge on any atom is 0.430 e. The van der Waals surface area contributed by atoms with E-state index in [0.717, 1.165) is 6.07 Å². The molecule has 7 nitrogen and oxygen atoms in total. The van der Waals surface area contributed by atoms with Crippen molar-refractivity contribution in [2.45, 2.75) is 38.1 Å². The van der Waals surface area contributed by atoms with Crippen LogP contribution in [0.4, 0.5) is 38.4 Å². The first-order valence-corrected chi connectivity index (χ1v) is 9.86. The van der Waals surface area contributed by atoms with Gasteiger partial charge in [0.1, 0.15) is 11.6 Å². The van der Waals surface area contributed by atoms with Crippen molar-refractivity contribution in [1.29, 1.82) is 0 Å². The van der Waals surface area contributed by atoms with E-state index in [9.17, 15) is 26.7 Å². The molecule has 0 bridgehead atoms. The van der Waals surface area contributed by atoms with E-state index in [0.29, 0.717) is 26.6 Å². The fraction of sp³-hybridized carbons (Fsp3) is 0.450. The minimum absolute atomic E-state index is 0.0756. The van der Waals surface area contributed by atoms with Crippen molar-refractivity contribution in [1.82, 2.24) is 15.3 Å². The van der Waals surface area contributed by atoms with Crippen molar-refractivity contribution in [2.75, 3.05) is 29.9 Å². The smallest absolute Gasteiger partial charge is 0.430 e. The van der Waals surface area contributed by atoms with Gasteiger partial charge in [0.15, 0.2) is 0 Å². The molecule has 2 aromatic heterocycles. The van der Waals surface area contributed by atoms with Crippen LogP contribution in [0.5, 0.6) is 0 Å². The van der Waals surface area contributed by atoms with Gasteiger partial charge < -0.3 is 15.0 Å². The summed E-state index contributed by atoms with van der Waals surface area (Å²) in [5.41, 5.74) is -1.08. The van der Waals surface area contributed by atoms with E-state index in [-0.39, 0.29) is 28.9 Å². The fourth-order valence-electron chi connectivity index (χ4n) is 3.79. The second-order valence-electron chi connectivity index (χ2n) is 7.86. The first kappa shape index (κ1) is 22.2. The van der Waals surface area contributed by atoms with E-state index in [1.807, 2.05) is 6.92 Å². The lowest BCUT2D eigenvalue weighted by molar-refractivity contribution is -0.206. The molecule has 0 saturated carbocycles. The van der Waals surface area contributed by atoms with Gasteiger partial charge in [-0.1, -0.05) is 0 Å². The topological polar surface area (TPSA) is 79.4 Å². The molecule has 2 aliphatic heterocycles. The van der Waals surface area contributed by atoms with Crippen LogP contribution in [0, 0.1) is 0 Å². The molecule has 32 heavy (non-hydrogen) atoms. The third-order valence-electron chi connectivity index (χ3n) is 5.28. The highest BCUT2D eigenvalue weighted by Gasteiger charge is 2.49. The number of ether oxygens (including phenoxy) is 1. The number of hydrogen-bond donors (Lipinski definition) is 2. The number of carbonyl (C=O) groups excluding carboxylic acids is 1. The Balaban J connectivity index is 1.90. The molecule has 172 valence electrons. The summed E-state index contributed by atoms with van der Waals surface area (Å²) >= 11 is 0. The number of rotatable bonds is 3. The Morgan fingerprint density at radius 2 is 1.97 bits per heavy atom. The molecule has 2 aliphatic rings. The molecule has 12 heteroatoms. The number of anilines is 2. The number of carbonyl (C=O) groups is 1. The minimum atomic E-state index is -4.94. The lowest BCUT2D eigenvalue weighted by Crippen LogP contribution is -2.49. The summed E-state index contributed by atoms with van der Waals surface area (Å²) in [6.45, 7) is 4.22. The van der Waals surface area contributed by atoms with Crippen molar-refractivity contribution in [3.8, 4) is 11.3 Å². The molecule has 0 radical (unpaired) electrons. The Morgan fingerprint density at radius 3 is 2.62 bits per heavy atom. The van der Waals surface area contributed by atoms with Crippen LogP contribution in [0.2, 0.25) is 0 Å². The van der Waals surface area contributed by atoms with Gasteiger partial charge in [-0.05, 0) is 25.1 Å². The number of nitrogens with zero attached hydrogens (tertiary/aromatic N) is 3. The molecule has 2 aromatic rings. The summed E-state index contributed by atoms with van der Waals surface area (Å²) in [6, 6.07) is 3.61. The van der Waals surface area contributed by atoms with Gasteiger partial charge in [0, 0.05) is 49.9 Å². The maximum absolute atomic E-state index is 14.3. The van der Waals surface area contributed by atoms with Gasteiger partial charge in [-0.2, -0.15) is 13.2 Å². The van der Waals surface area contributed by atoms with E-state index in [1.165, 1.54) is 18.3 Å². The average Bonchev–Trinajstić information content (AvgIpc) is 2.71. The van der Waals surface area contributed by atoms with Crippen LogP contribution in [0.15, 0.2) is 24.4 Å². The normalized spacial score (nSPS) is 21.6. The quantitative estimate of drug-likeness (QED) is 0.672. The zero-order valence-corrected chi connectivity index (χ0v) is 17.1. The Labute approximate surface area is 180 Å². The molecule has 1 fully saturated rings.